The molecule has 0 radical (unpaired) electrons. The molecular formula is C13H18N2O3. The first-order chi connectivity index (χ1) is 8.65. The molecule has 98 valence electrons. The zero-order valence-electron chi connectivity index (χ0n) is 10.7. The highest BCUT2D eigenvalue weighted by Gasteiger charge is 2.34. The molecule has 0 saturated heterocycles. The van der Waals surface area contributed by atoms with Gasteiger partial charge in [-0.25, -0.2) is 0 Å². The molecule has 1 saturated carbocycles. The fourth-order valence-electron chi connectivity index (χ4n) is 2.21. The first-order valence-corrected chi connectivity index (χ1v) is 6.20. The Bertz CT molecular complexity index is 448. The lowest BCUT2D eigenvalue weighted by Crippen LogP contribution is -2.18. The van der Waals surface area contributed by atoms with Crippen molar-refractivity contribution in [2.45, 2.75) is 32.4 Å². The molecule has 2 atom stereocenters. The maximum atomic E-state index is 10.7. The van der Waals surface area contributed by atoms with Crippen LogP contribution in [0.1, 0.15) is 25.3 Å². The summed E-state index contributed by atoms with van der Waals surface area (Å²) in [6, 6.07) is 5.25. The van der Waals surface area contributed by atoms with E-state index in [1.165, 1.54) is 18.9 Å². The van der Waals surface area contributed by atoms with E-state index in [4.69, 9.17) is 4.74 Å². The van der Waals surface area contributed by atoms with Crippen LogP contribution in [0.15, 0.2) is 18.2 Å². The van der Waals surface area contributed by atoms with Crippen LogP contribution in [0.25, 0.3) is 0 Å². The number of nitro benzene ring substituents is 1. The van der Waals surface area contributed by atoms with E-state index in [0.717, 1.165) is 11.5 Å². The SMILES string of the molecule is CCC1CC1NCc1cc([N+](=O)[O-])ccc1OC. The number of nitrogens with zero attached hydrogens (tertiary/aromatic N) is 1. The summed E-state index contributed by atoms with van der Waals surface area (Å²) in [4.78, 5) is 10.4. The highest BCUT2D eigenvalue weighted by molar-refractivity contribution is 5.43. The van der Waals surface area contributed by atoms with Crippen molar-refractivity contribution >= 4 is 5.69 Å². The van der Waals surface area contributed by atoms with E-state index in [0.29, 0.717) is 18.3 Å². The Labute approximate surface area is 106 Å². The van der Waals surface area contributed by atoms with Gasteiger partial charge >= 0.3 is 0 Å². The standard InChI is InChI=1S/C13H18N2O3/c1-3-9-7-12(9)14-8-10-6-11(15(16)17)4-5-13(10)18-2/h4-6,9,12,14H,3,7-8H2,1-2H3. The van der Waals surface area contributed by atoms with Crippen LogP contribution >= 0.6 is 0 Å². The molecule has 0 aromatic heterocycles. The zero-order valence-corrected chi connectivity index (χ0v) is 10.7. The van der Waals surface area contributed by atoms with Crippen molar-refractivity contribution in [2.75, 3.05) is 7.11 Å². The average molecular weight is 250 g/mol. The van der Waals surface area contributed by atoms with Crippen molar-refractivity contribution < 1.29 is 9.66 Å². The lowest BCUT2D eigenvalue weighted by molar-refractivity contribution is -0.384. The first kappa shape index (κ1) is 12.8. The number of non-ortho nitro benzene ring substituents is 1. The number of nitrogens with one attached hydrogen (secondary N) is 1. The molecule has 1 aromatic carbocycles. The Hall–Kier alpha value is -1.62. The Morgan fingerprint density at radius 3 is 2.89 bits per heavy atom. The molecular weight excluding hydrogens is 232 g/mol. The number of hydrogen-bond acceptors (Lipinski definition) is 4. The van der Waals surface area contributed by atoms with Gasteiger partial charge in [0.05, 0.1) is 12.0 Å². The Balaban J connectivity index is 2.05. The highest BCUT2D eigenvalue weighted by Crippen LogP contribution is 2.34. The minimum Gasteiger partial charge on any atom is -0.496 e. The summed E-state index contributed by atoms with van der Waals surface area (Å²) in [5, 5.41) is 14.2. The van der Waals surface area contributed by atoms with E-state index in [1.54, 1.807) is 19.2 Å². The number of rotatable bonds is 6. The number of hydrogen-bond donors (Lipinski definition) is 1. The van der Waals surface area contributed by atoms with E-state index in [1.807, 2.05) is 0 Å². The van der Waals surface area contributed by atoms with Gasteiger partial charge in [-0.1, -0.05) is 13.3 Å². The summed E-state index contributed by atoms with van der Waals surface area (Å²) >= 11 is 0. The molecule has 1 fully saturated rings. The molecule has 1 aliphatic rings. The second-order valence-electron chi connectivity index (χ2n) is 4.64. The van der Waals surface area contributed by atoms with E-state index in [2.05, 4.69) is 12.2 Å². The third-order valence-corrected chi connectivity index (χ3v) is 3.48. The van der Waals surface area contributed by atoms with Crippen molar-refractivity contribution in [2.24, 2.45) is 5.92 Å². The van der Waals surface area contributed by atoms with Crippen molar-refractivity contribution in [1.29, 1.82) is 0 Å². The summed E-state index contributed by atoms with van der Waals surface area (Å²) in [6.45, 7) is 2.80. The second-order valence-corrected chi connectivity index (χ2v) is 4.64. The molecule has 1 aromatic rings. The predicted octanol–water partition coefficient (Wildman–Crippen LogP) is 2.49. The molecule has 1 N–H and O–H groups in total. The molecule has 5 nitrogen and oxygen atoms in total. The third-order valence-electron chi connectivity index (χ3n) is 3.48. The van der Waals surface area contributed by atoms with Gasteiger partial charge in [-0.15, -0.1) is 0 Å². The lowest BCUT2D eigenvalue weighted by atomic mass is 10.1. The number of nitro groups is 1. The minimum atomic E-state index is -0.380. The van der Waals surface area contributed by atoms with Crippen LogP contribution in [-0.4, -0.2) is 18.1 Å². The molecule has 0 aliphatic heterocycles. The Morgan fingerprint density at radius 1 is 1.56 bits per heavy atom. The molecule has 0 amide bonds. The van der Waals surface area contributed by atoms with Gasteiger partial charge < -0.3 is 10.1 Å². The topological polar surface area (TPSA) is 64.4 Å². The van der Waals surface area contributed by atoms with Gasteiger partial charge in [-0.05, 0) is 18.4 Å². The molecule has 5 heteroatoms. The van der Waals surface area contributed by atoms with Crippen molar-refractivity contribution in [3.05, 3.63) is 33.9 Å². The average Bonchev–Trinajstić information content (AvgIpc) is 3.14. The molecule has 18 heavy (non-hydrogen) atoms. The largest absolute Gasteiger partial charge is 0.496 e. The summed E-state index contributed by atoms with van der Waals surface area (Å²) < 4.78 is 5.22. The van der Waals surface area contributed by atoms with E-state index >= 15 is 0 Å². The first-order valence-electron chi connectivity index (χ1n) is 6.20. The Kier molecular flexibility index (Phi) is 3.81. The summed E-state index contributed by atoms with van der Waals surface area (Å²) in [5.41, 5.74) is 0.948. The van der Waals surface area contributed by atoms with Crippen LogP contribution in [0.3, 0.4) is 0 Å². The van der Waals surface area contributed by atoms with E-state index < -0.39 is 0 Å². The second kappa shape index (κ2) is 5.35. The van der Waals surface area contributed by atoms with E-state index in [-0.39, 0.29) is 10.6 Å². The van der Waals surface area contributed by atoms with Crippen LogP contribution < -0.4 is 10.1 Å². The Morgan fingerprint density at radius 2 is 2.33 bits per heavy atom. The van der Waals surface area contributed by atoms with Crippen molar-refractivity contribution in [1.82, 2.24) is 5.32 Å². The maximum absolute atomic E-state index is 10.7. The number of ether oxygens (including phenoxy) is 1. The highest BCUT2D eigenvalue weighted by atomic mass is 16.6. The third kappa shape index (κ3) is 2.79. The summed E-state index contributed by atoms with van der Waals surface area (Å²) in [7, 11) is 1.58. The molecule has 1 aliphatic carbocycles. The number of benzene rings is 1. The quantitative estimate of drug-likeness (QED) is 0.622. The van der Waals surface area contributed by atoms with Gasteiger partial charge in [0.1, 0.15) is 5.75 Å². The van der Waals surface area contributed by atoms with Gasteiger partial charge in [0, 0.05) is 30.3 Å². The van der Waals surface area contributed by atoms with E-state index in [9.17, 15) is 10.1 Å². The normalized spacial score (nSPS) is 21.7. The fourth-order valence-corrected chi connectivity index (χ4v) is 2.21. The molecule has 0 bridgehead atoms. The maximum Gasteiger partial charge on any atom is 0.270 e. The van der Waals surface area contributed by atoms with Gasteiger partial charge in [-0.2, -0.15) is 0 Å². The molecule has 0 spiro atoms. The zero-order chi connectivity index (χ0) is 13.1. The van der Waals surface area contributed by atoms with Gasteiger partial charge in [-0.3, -0.25) is 10.1 Å². The molecule has 2 unspecified atom stereocenters. The fraction of sp³-hybridized carbons (Fsp3) is 0.538. The van der Waals surface area contributed by atoms with Gasteiger partial charge in [0.25, 0.3) is 5.69 Å². The van der Waals surface area contributed by atoms with Gasteiger partial charge in [0.2, 0.25) is 0 Å². The lowest BCUT2D eigenvalue weighted by Gasteiger charge is -2.09. The molecule has 0 heterocycles. The van der Waals surface area contributed by atoms with Crippen molar-refractivity contribution in [3.8, 4) is 5.75 Å². The van der Waals surface area contributed by atoms with Gasteiger partial charge in [0.15, 0.2) is 0 Å². The smallest absolute Gasteiger partial charge is 0.270 e. The van der Waals surface area contributed by atoms with Crippen LogP contribution in [-0.2, 0) is 6.54 Å². The predicted molar refractivity (Wildman–Crippen MR) is 68.7 cm³/mol. The van der Waals surface area contributed by atoms with Crippen LogP contribution in [0.4, 0.5) is 5.69 Å². The molecule has 2 rings (SSSR count). The van der Waals surface area contributed by atoms with Crippen LogP contribution in [0.5, 0.6) is 5.75 Å². The monoisotopic (exact) mass is 250 g/mol. The van der Waals surface area contributed by atoms with Crippen molar-refractivity contribution in [3.63, 3.8) is 0 Å². The summed E-state index contributed by atoms with van der Waals surface area (Å²) in [6.07, 6.45) is 2.39. The minimum absolute atomic E-state index is 0.107. The van der Waals surface area contributed by atoms with Crippen LogP contribution in [0, 0.1) is 16.0 Å². The van der Waals surface area contributed by atoms with Crippen LogP contribution in [0.2, 0.25) is 0 Å². The number of methoxy groups -OCH3 is 1. The summed E-state index contributed by atoms with van der Waals surface area (Å²) in [5.74, 6) is 1.46.